The van der Waals surface area contributed by atoms with E-state index in [4.69, 9.17) is 4.74 Å². The van der Waals surface area contributed by atoms with Gasteiger partial charge < -0.3 is 9.84 Å². The molecule has 1 atom stereocenters. The molecule has 1 aromatic rings. The molecule has 1 aromatic carbocycles. The zero-order chi connectivity index (χ0) is 18.2. The van der Waals surface area contributed by atoms with Gasteiger partial charge in [-0.2, -0.15) is 0 Å². The molecular formula is C17H20N2O6. The van der Waals surface area contributed by atoms with Gasteiger partial charge in [-0.1, -0.05) is 12.5 Å². The predicted octanol–water partition coefficient (Wildman–Crippen LogP) is 2.49. The van der Waals surface area contributed by atoms with Gasteiger partial charge in [-0.15, -0.1) is 0 Å². The number of amides is 1. The van der Waals surface area contributed by atoms with Crippen molar-refractivity contribution >= 4 is 17.6 Å². The van der Waals surface area contributed by atoms with Crippen LogP contribution >= 0.6 is 0 Å². The minimum Gasteiger partial charge on any atom is -0.480 e. The number of rotatable bonds is 3. The fraction of sp³-hybridized carbons (Fsp3) is 0.529. The van der Waals surface area contributed by atoms with Crippen LogP contribution in [0, 0.1) is 17.0 Å². The van der Waals surface area contributed by atoms with Crippen molar-refractivity contribution < 1.29 is 24.4 Å². The normalized spacial score (nSPS) is 22.1. The van der Waals surface area contributed by atoms with E-state index in [1.54, 1.807) is 6.92 Å². The van der Waals surface area contributed by atoms with E-state index in [1.807, 2.05) is 0 Å². The van der Waals surface area contributed by atoms with Crippen LogP contribution in [0.2, 0.25) is 0 Å². The summed E-state index contributed by atoms with van der Waals surface area (Å²) in [6, 6.07) is 3.14. The lowest BCUT2D eigenvalue weighted by Crippen LogP contribution is -2.54. The molecule has 1 aliphatic carbocycles. The van der Waals surface area contributed by atoms with Crippen LogP contribution in [0.4, 0.5) is 5.69 Å². The second-order valence-electron chi connectivity index (χ2n) is 6.61. The Morgan fingerprint density at radius 2 is 2.00 bits per heavy atom. The van der Waals surface area contributed by atoms with Crippen molar-refractivity contribution in [2.45, 2.75) is 50.8 Å². The van der Waals surface area contributed by atoms with Gasteiger partial charge in [0.25, 0.3) is 11.6 Å². The summed E-state index contributed by atoms with van der Waals surface area (Å²) in [5.74, 6) is -1.66. The highest BCUT2D eigenvalue weighted by atomic mass is 16.6. The van der Waals surface area contributed by atoms with Gasteiger partial charge in [0.1, 0.15) is 5.72 Å². The highest BCUT2D eigenvalue weighted by Crippen LogP contribution is 2.41. The summed E-state index contributed by atoms with van der Waals surface area (Å²) in [5.41, 5.74) is -0.520. The lowest BCUT2D eigenvalue weighted by Gasteiger charge is -2.41. The van der Waals surface area contributed by atoms with Crippen molar-refractivity contribution in [2.24, 2.45) is 0 Å². The Balaban J connectivity index is 2.01. The Bertz CT molecular complexity index is 726. The number of nitrogens with zero attached hydrogens (tertiary/aromatic N) is 2. The van der Waals surface area contributed by atoms with E-state index in [2.05, 4.69) is 0 Å². The molecule has 0 aromatic heterocycles. The zero-order valence-corrected chi connectivity index (χ0v) is 13.9. The van der Waals surface area contributed by atoms with Crippen LogP contribution in [0.3, 0.4) is 0 Å². The minimum atomic E-state index is -1.13. The first-order chi connectivity index (χ1) is 11.9. The number of nitro groups is 1. The molecule has 1 amide bonds. The van der Waals surface area contributed by atoms with Crippen molar-refractivity contribution in [3.8, 4) is 0 Å². The molecule has 0 bridgehead atoms. The largest absolute Gasteiger partial charge is 0.480 e. The maximum atomic E-state index is 13.1. The standard InChI is InChI=1S/C17H20N2O6/c1-11-5-6-12(9-13(11)19(23)24)15(20)18-14(16(21)22)10-25-17(18)7-3-2-4-8-17/h5-6,9,14H,2-4,7-8,10H2,1H3,(H,21,22)/t14-/m0/s1. The van der Waals surface area contributed by atoms with E-state index in [1.165, 1.54) is 23.1 Å². The molecule has 2 fully saturated rings. The lowest BCUT2D eigenvalue weighted by molar-refractivity contribution is -0.385. The molecule has 8 nitrogen and oxygen atoms in total. The van der Waals surface area contributed by atoms with Crippen molar-refractivity contribution in [2.75, 3.05) is 6.61 Å². The molecule has 2 aliphatic rings. The van der Waals surface area contributed by atoms with E-state index in [9.17, 15) is 24.8 Å². The number of hydrogen-bond acceptors (Lipinski definition) is 5. The SMILES string of the molecule is Cc1ccc(C(=O)N2[C@H](C(=O)O)COC23CCCCC3)cc1[N+](=O)[O-]. The summed E-state index contributed by atoms with van der Waals surface area (Å²) >= 11 is 0. The fourth-order valence-corrected chi connectivity index (χ4v) is 3.74. The molecule has 25 heavy (non-hydrogen) atoms. The van der Waals surface area contributed by atoms with E-state index in [0.29, 0.717) is 18.4 Å². The number of ether oxygens (including phenoxy) is 1. The van der Waals surface area contributed by atoms with Crippen LogP contribution in [-0.4, -0.2) is 45.2 Å². The van der Waals surface area contributed by atoms with Crippen LogP contribution in [0.1, 0.15) is 48.0 Å². The zero-order valence-electron chi connectivity index (χ0n) is 13.9. The number of carboxylic acid groups (broad SMARTS) is 1. The van der Waals surface area contributed by atoms with Gasteiger partial charge in [-0.05, 0) is 38.7 Å². The van der Waals surface area contributed by atoms with Crippen LogP contribution < -0.4 is 0 Å². The highest BCUT2D eigenvalue weighted by Gasteiger charge is 2.53. The minimum absolute atomic E-state index is 0.0605. The number of hydrogen-bond donors (Lipinski definition) is 1. The van der Waals surface area contributed by atoms with Gasteiger partial charge in [0.15, 0.2) is 6.04 Å². The Hall–Kier alpha value is -2.48. The second-order valence-corrected chi connectivity index (χ2v) is 6.61. The number of carboxylic acids is 1. The van der Waals surface area contributed by atoms with Crippen molar-refractivity contribution in [1.82, 2.24) is 4.90 Å². The average molecular weight is 348 g/mol. The molecular weight excluding hydrogens is 328 g/mol. The van der Waals surface area contributed by atoms with Crippen LogP contribution in [0.25, 0.3) is 0 Å². The Morgan fingerprint density at radius 3 is 2.60 bits per heavy atom. The van der Waals surface area contributed by atoms with Crippen LogP contribution in [0.5, 0.6) is 0 Å². The second kappa shape index (κ2) is 6.44. The number of aryl methyl sites for hydroxylation is 1. The summed E-state index contributed by atoms with van der Waals surface area (Å²) in [6.45, 7) is 1.53. The third kappa shape index (κ3) is 2.97. The van der Waals surface area contributed by atoms with Gasteiger partial charge in [0.2, 0.25) is 0 Å². The molecule has 0 unspecified atom stereocenters. The molecule has 0 radical (unpaired) electrons. The summed E-state index contributed by atoms with van der Waals surface area (Å²) in [4.78, 5) is 36.6. The van der Waals surface area contributed by atoms with Gasteiger partial charge in [-0.25, -0.2) is 4.79 Å². The first-order valence-corrected chi connectivity index (χ1v) is 8.31. The summed E-state index contributed by atoms with van der Waals surface area (Å²) < 4.78 is 5.80. The van der Waals surface area contributed by atoms with Gasteiger partial charge >= 0.3 is 5.97 Å². The number of carbonyl (C=O) groups is 2. The first-order valence-electron chi connectivity index (χ1n) is 8.31. The van der Waals surface area contributed by atoms with Crippen molar-refractivity contribution in [3.05, 3.63) is 39.4 Å². The van der Waals surface area contributed by atoms with E-state index < -0.39 is 28.6 Å². The van der Waals surface area contributed by atoms with Gasteiger partial charge in [0, 0.05) is 17.2 Å². The quantitative estimate of drug-likeness (QED) is 0.664. The molecule has 1 spiro atoms. The molecule has 3 rings (SSSR count). The van der Waals surface area contributed by atoms with E-state index >= 15 is 0 Å². The molecule has 1 saturated carbocycles. The van der Waals surface area contributed by atoms with Crippen LogP contribution in [-0.2, 0) is 9.53 Å². The number of aliphatic carboxylic acids is 1. The third-order valence-corrected chi connectivity index (χ3v) is 5.05. The lowest BCUT2D eigenvalue weighted by atomic mass is 9.89. The van der Waals surface area contributed by atoms with Crippen LogP contribution in [0.15, 0.2) is 18.2 Å². The third-order valence-electron chi connectivity index (χ3n) is 5.05. The molecule has 1 heterocycles. The van der Waals surface area contributed by atoms with Crippen molar-refractivity contribution in [3.63, 3.8) is 0 Å². The van der Waals surface area contributed by atoms with Crippen molar-refractivity contribution in [1.29, 1.82) is 0 Å². The Morgan fingerprint density at radius 1 is 1.32 bits per heavy atom. The van der Waals surface area contributed by atoms with Gasteiger partial charge in [0.05, 0.1) is 11.5 Å². The highest BCUT2D eigenvalue weighted by molar-refractivity contribution is 5.98. The number of nitro benzene ring substituents is 1. The monoisotopic (exact) mass is 348 g/mol. The topological polar surface area (TPSA) is 110 Å². The number of benzene rings is 1. The molecule has 1 aliphatic heterocycles. The Labute approximate surface area is 144 Å². The molecule has 1 saturated heterocycles. The van der Waals surface area contributed by atoms with Gasteiger partial charge in [-0.3, -0.25) is 19.8 Å². The summed E-state index contributed by atoms with van der Waals surface area (Å²) in [5, 5.41) is 20.6. The van der Waals surface area contributed by atoms with E-state index in [-0.39, 0.29) is 17.9 Å². The number of carbonyl (C=O) groups excluding carboxylic acids is 1. The Kier molecular flexibility index (Phi) is 4.47. The maximum Gasteiger partial charge on any atom is 0.328 e. The predicted molar refractivity (Wildman–Crippen MR) is 87.2 cm³/mol. The molecule has 134 valence electrons. The first kappa shape index (κ1) is 17.3. The summed E-state index contributed by atoms with van der Waals surface area (Å²) in [6.07, 6.45) is 3.88. The average Bonchev–Trinajstić information content (AvgIpc) is 2.94. The fourth-order valence-electron chi connectivity index (χ4n) is 3.74. The molecule has 1 N–H and O–H groups in total. The molecule has 8 heteroatoms. The maximum absolute atomic E-state index is 13.1. The smallest absolute Gasteiger partial charge is 0.328 e. The summed E-state index contributed by atoms with van der Waals surface area (Å²) in [7, 11) is 0. The van der Waals surface area contributed by atoms with E-state index in [0.717, 1.165) is 19.3 Å².